The molecule has 7 nitrogen and oxygen atoms in total. The molecule has 3 aromatic rings. The van der Waals surface area contributed by atoms with Crippen molar-refractivity contribution in [3.63, 3.8) is 0 Å². The van der Waals surface area contributed by atoms with Crippen molar-refractivity contribution >= 4 is 39.0 Å². The van der Waals surface area contributed by atoms with Crippen molar-refractivity contribution in [3.05, 3.63) is 46.1 Å². The number of aryl methyl sites for hydroxylation is 1. The lowest BCUT2D eigenvalue weighted by Gasteiger charge is -2.23. The molecule has 1 fully saturated rings. The van der Waals surface area contributed by atoms with Gasteiger partial charge in [-0.2, -0.15) is 0 Å². The van der Waals surface area contributed by atoms with Crippen LogP contribution in [0.4, 0.5) is 20.3 Å². The van der Waals surface area contributed by atoms with Gasteiger partial charge in [0.05, 0.1) is 25.1 Å². The molecule has 1 saturated heterocycles. The van der Waals surface area contributed by atoms with Gasteiger partial charge in [-0.05, 0) is 42.9 Å². The van der Waals surface area contributed by atoms with Gasteiger partial charge in [-0.3, -0.25) is 4.79 Å². The monoisotopic (exact) mass is 488 g/mol. The molecule has 5 rings (SSSR count). The molecule has 0 saturated carbocycles. The summed E-state index contributed by atoms with van der Waals surface area (Å²) in [7, 11) is 0. The molecule has 3 heterocycles. The molecule has 1 aliphatic carbocycles. The first kappa shape index (κ1) is 23.1. The highest BCUT2D eigenvalue weighted by atomic mass is 32.1. The van der Waals surface area contributed by atoms with Crippen LogP contribution in [-0.2, 0) is 28.9 Å². The summed E-state index contributed by atoms with van der Waals surface area (Å²) in [5.74, 6) is -0.261. The van der Waals surface area contributed by atoms with E-state index in [2.05, 4.69) is 17.6 Å². The zero-order chi connectivity index (χ0) is 23.7. The molecule has 2 aromatic heterocycles. The van der Waals surface area contributed by atoms with Crippen LogP contribution in [-0.4, -0.2) is 48.7 Å². The Hall–Kier alpha value is -2.69. The summed E-state index contributed by atoms with van der Waals surface area (Å²) in [4.78, 5) is 26.0. The Balaban J connectivity index is 1.39. The predicted molar refractivity (Wildman–Crippen MR) is 127 cm³/mol. The number of carbonyl (C=O) groups excluding carboxylic acids is 1. The number of benzene rings is 1. The predicted octanol–water partition coefficient (Wildman–Crippen LogP) is 2.56. The molecule has 0 radical (unpaired) electrons. The van der Waals surface area contributed by atoms with Gasteiger partial charge in [-0.1, -0.05) is 6.92 Å². The molecular weight excluding hydrogens is 460 g/mol. The quantitative estimate of drug-likeness (QED) is 0.497. The number of quaternary nitrogens is 1. The molecule has 3 N–H and O–H groups in total. The van der Waals surface area contributed by atoms with Crippen molar-refractivity contribution in [1.82, 2.24) is 9.97 Å². The fourth-order valence-electron chi connectivity index (χ4n) is 4.60. The Bertz CT molecular complexity index is 1210. The van der Waals surface area contributed by atoms with Crippen molar-refractivity contribution in [2.45, 2.75) is 32.7 Å². The summed E-state index contributed by atoms with van der Waals surface area (Å²) in [6, 6.07) is 3.29. The second kappa shape index (κ2) is 9.89. The Morgan fingerprint density at radius 2 is 2.06 bits per heavy atom. The van der Waals surface area contributed by atoms with Crippen molar-refractivity contribution in [3.8, 4) is 0 Å². The highest BCUT2D eigenvalue weighted by Crippen LogP contribution is 2.40. The van der Waals surface area contributed by atoms with Gasteiger partial charge in [-0.15, -0.1) is 11.3 Å². The lowest BCUT2D eigenvalue weighted by Crippen LogP contribution is -3.12. The number of anilines is 2. The van der Waals surface area contributed by atoms with Crippen molar-refractivity contribution < 1.29 is 23.2 Å². The minimum Gasteiger partial charge on any atom is -0.370 e. The van der Waals surface area contributed by atoms with Crippen molar-refractivity contribution in [2.24, 2.45) is 5.92 Å². The molecule has 180 valence electrons. The first-order valence-electron chi connectivity index (χ1n) is 11.7. The maximum atomic E-state index is 13.5. The molecule has 0 spiro atoms. The largest absolute Gasteiger partial charge is 0.370 e. The van der Waals surface area contributed by atoms with Gasteiger partial charge in [0.25, 0.3) is 0 Å². The maximum Gasteiger partial charge on any atom is 0.243 e. The summed E-state index contributed by atoms with van der Waals surface area (Å²) in [6.07, 6.45) is 3.13. The zero-order valence-corrected chi connectivity index (χ0v) is 19.9. The molecule has 0 unspecified atom stereocenters. The third-order valence-corrected chi connectivity index (χ3v) is 7.58. The van der Waals surface area contributed by atoms with Crippen LogP contribution >= 0.6 is 11.3 Å². The van der Waals surface area contributed by atoms with E-state index in [9.17, 15) is 13.6 Å². The Kier molecular flexibility index (Phi) is 6.71. The molecule has 2 aliphatic rings. The molecule has 34 heavy (non-hydrogen) atoms. The van der Waals surface area contributed by atoms with Crippen LogP contribution in [0.5, 0.6) is 0 Å². The van der Waals surface area contributed by atoms with E-state index in [0.29, 0.717) is 18.3 Å². The smallest absolute Gasteiger partial charge is 0.243 e. The number of thiophene rings is 1. The Morgan fingerprint density at radius 3 is 2.85 bits per heavy atom. The van der Waals surface area contributed by atoms with E-state index in [0.717, 1.165) is 73.7 Å². The molecule has 1 aliphatic heterocycles. The van der Waals surface area contributed by atoms with Crippen LogP contribution in [0, 0.1) is 17.6 Å². The number of hydrogen-bond acceptors (Lipinski definition) is 6. The molecular formula is C24H28F2N5O2S+. The van der Waals surface area contributed by atoms with Crippen LogP contribution < -0.4 is 15.5 Å². The summed E-state index contributed by atoms with van der Waals surface area (Å²) in [6.45, 7) is 6.23. The van der Waals surface area contributed by atoms with Gasteiger partial charge in [-0.25, -0.2) is 18.7 Å². The van der Waals surface area contributed by atoms with E-state index in [4.69, 9.17) is 14.7 Å². The highest BCUT2D eigenvalue weighted by molar-refractivity contribution is 7.19. The first-order chi connectivity index (χ1) is 16.5. The number of fused-ring (bicyclic) bond motifs is 3. The first-order valence-corrected chi connectivity index (χ1v) is 12.5. The van der Waals surface area contributed by atoms with Crippen LogP contribution in [0.15, 0.2) is 18.2 Å². The van der Waals surface area contributed by atoms with E-state index in [1.54, 1.807) is 11.3 Å². The second-order valence-corrected chi connectivity index (χ2v) is 10.2. The van der Waals surface area contributed by atoms with Gasteiger partial charge >= 0.3 is 0 Å². The fraction of sp³-hybridized carbons (Fsp3) is 0.458. The Labute approximate surface area is 200 Å². The topological polar surface area (TPSA) is 80.6 Å². The zero-order valence-electron chi connectivity index (χ0n) is 19.0. The van der Waals surface area contributed by atoms with Crippen molar-refractivity contribution in [2.75, 3.05) is 43.5 Å². The molecule has 0 bridgehead atoms. The SMILES string of the molecule is C[C@@H]1CCc2c(sc3nc(C[NH+]4CCOCC4)nc(NCC(=O)Nc4ccc(F)c(F)c4)c23)C1. The average molecular weight is 489 g/mol. The molecule has 1 aromatic carbocycles. The number of hydrogen-bond donors (Lipinski definition) is 3. The summed E-state index contributed by atoms with van der Waals surface area (Å²) in [5, 5.41) is 6.81. The third-order valence-electron chi connectivity index (χ3n) is 6.43. The van der Waals surface area contributed by atoms with E-state index in [1.165, 1.54) is 21.4 Å². The van der Waals surface area contributed by atoms with Gasteiger partial charge in [0.15, 0.2) is 17.5 Å². The Morgan fingerprint density at radius 1 is 1.24 bits per heavy atom. The highest BCUT2D eigenvalue weighted by Gasteiger charge is 2.25. The number of halogens is 2. The maximum absolute atomic E-state index is 13.5. The summed E-state index contributed by atoms with van der Waals surface area (Å²) in [5.41, 5.74) is 1.49. The second-order valence-electron chi connectivity index (χ2n) is 9.09. The molecule has 1 atom stereocenters. The number of rotatable bonds is 6. The van der Waals surface area contributed by atoms with Crippen LogP contribution in [0.1, 0.15) is 29.6 Å². The lowest BCUT2D eigenvalue weighted by atomic mass is 9.89. The number of aromatic nitrogens is 2. The number of morpholine rings is 1. The lowest BCUT2D eigenvalue weighted by molar-refractivity contribution is -0.922. The molecule has 1 amide bonds. The van der Waals surface area contributed by atoms with Crippen LogP contribution in [0.25, 0.3) is 10.2 Å². The fourth-order valence-corrected chi connectivity index (χ4v) is 6.00. The van der Waals surface area contributed by atoms with Gasteiger partial charge in [0, 0.05) is 16.6 Å². The van der Waals surface area contributed by atoms with Crippen molar-refractivity contribution in [1.29, 1.82) is 0 Å². The van der Waals surface area contributed by atoms with Crippen LogP contribution in [0.2, 0.25) is 0 Å². The van der Waals surface area contributed by atoms with Gasteiger partial charge < -0.3 is 20.3 Å². The van der Waals surface area contributed by atoms with Gasteiger partial charge in [0.2, 0.25) is 5.91 Å². The number of amides is 1. The normalized spacial score (nSPS) is 18.6. The van der Waals surface area contributed by atoms with E-state index >= 15 is 0 Å². The average Bonchev–Trinajstić information content (AvgIpc) is 3.18. The number of ether oxygens (including phenoxy) is 1. The third kappa shape index (κ3) is 5.03. The van der Waals surface area contributed by atoms with E-state index < -0.39 is 11.6 Å². The van der Waals surface area contributed by atoms with Crippen LogP contribution in [0.3, 0.4) is 0 Å². The number of nitrogens with zero attached hydrogens (tertiary/aromatic N) is 2. The summed E-state index contributed by atoms with van der Waals surface area (Å²) >= 11 is 1.73. The van der Waals surface area contributed by atoms with E-state index in [1.807, 2.05) is 0 Å². The van der Waals surface area contributed by atoms with E-state index in [-0.39, 0.29) is 18.1 Å². The number of carbonyl (C=O) groups is 1. The number of nitrogens with one attached hydrogen (secondary N) is 3. The van der Waals surface area contributed by atoms with Gasteiger partial charge in [0.1, 0.15) is 30.3 Å². The summed E-state index contributed by atoms with van der Waals surface area (Å²) < 4.78 is 32.1. The molecule has 10 heteroatoms. The minimum atomic E-state index is -1.00. The standard InChI is InChI=1S/C24H27F2N5O2S/c1-14-2-4-16-19(10-14)34-24-22(16)23(29-20(30-24)13-31-6-8-33-9-7-31)27-12-21(32)28-15-3-5-17(25)18(26)11-15/h3,5,11,14H,2,4,6-10,12-13H2,1H3,(H,28,32)(H,27,29,30)/p+1/t14-/m1/s1. The minimum absolute atomic E-state index is 0.0457.